The lowest BCUT2D eigenvalue weighted by Crippen LogP contribution is -2.42. The second-order valence-electron chi connectivity index (χ2n) is 5.29. The summed E-state index contributed by atoms with van der Waals surface area (Å²) in [7, 11) is 0. The Hall–Kier alpha value is -1.43. The summed E-state index contributed by atoms with van der Waals surface area (Å²) in [6.45, 7) is 2.66. The zero-order valence-corrected chi connectivity index (χ0v) is 12.5. The van der Waals surface area contributed by atoms with Gasteiger partial charge in [-0.3, -0.25) is 4.90 Å². The molecular formula is C15H19ClFN3O. The molecule has 1 aromatic heterocycles. The second kappa shape index (κ2) is 7.02. The van der Waals surface area contributed by atoms with E-state index in [0.29, 0.717) is 11.5 Å². The molecule has 0 unspecified atom stereocenters. The third-order valence-corrected chi connectivity index (χ3v) is 3.55. The minimum Gasteiger partial charge on any atom is -0.444 e. The summed E-state index contributed by atoms with van der Waals surface area (Å²) in [6, 6.07) is 6.51. The van der Waals surface area contributed by atoms with Crippen LogP contribution in [0.3, 0.4) is 0 Å². The largest absolute Gasteiger partial charge is 0.444 e. The van der Waals surface area contributed by atoms with Gasteiger partial charge in [0.25, 0.3) is 0 Å². The van der Waals surface area contributed by atoms with E-state index in [9.17, 15) is 4.39 Å². The lowest BCUT2D eigenvalue weighted by Gasteiger charge is -2.29. The highest BCUT2D eigenvalue weighted by Crippen LogP contribution is 2.20. The summed E-state index contributed by atoms with van der Waals surface area (Å²) in [5.41, 5.74) is 7.48. The fraction of sp³-hybridized carbons (Fsp3) is 0.400. The van der Waals surface area contributed by atoms with Gasteiger partial charge in [-0.1, -0.05) is 6.07 Å². The van der Waals surface area contributed by atoms with Crippen LogP contribution in [0.4, 0.5) is 4.39 Å². The van der Waals surface area contributed by atoms with Crippen LogP contribution in [0.1, 0.15) is 18.5 Å². The molecule has 0 amide bonds. The highest BCUT2D eigenvalue weighted by Gasteiger charge is 2.18. The Morgan fingerprint density at radius 1 is 1.43 bits per heavy atom. The Bertz CT molecular complexity index is 590. The van der Waals surface area contributed by atoms with Gasteiger partial charge in [-0.25, -0.2) is 9.37 Å². The third-order valence-electron chi connectivity index (χ3n) is 3.55. The van der Waals surface area contributed by atoms with E-state index >= 15 is 0 Å². The van der Waals surface area contributed by atoms with Gasteiger partial charge in [-0.2, -0.15) is 0 Å². The van der Waals surface area contributed by atoms with Crippen molar-refractivity contribution in [1.82, 2.24) is 9.88 Å². The van der Waals surface area contributed by atoms with Crippen LogP contribution in [-0.2, 0) is 6.54 Å². The molecule has 0 aliphatic carbocycles. The topological polar surface area (TPSA) is 55.3 Å². The molecule has 0 radical (unpaired) electrons. The van der Waals surface area contributed by atoms with E-state index in [0.717, 1.165) is 38.2 Å². The Labute approximate surface area is 129 Å². The van der Waals surface area contributed by atoms with Crippen molar-refractivity contribution in [3.05, 3.63) is 42.0 Å². The highest BCUT2D eigenvalue weighted by atomic mass is 35.5. The molecule has 2 aromatic rings. The molecule has 114 valence electrons. The first-order valence-corrected chi connectivity index (χ1v) is 6.89. The van der Waals surface area contributed by atoms with E-state index in [1.54, 1.807) is 18.4 Å². The lowest BCUT2D eigenvalue weighted by molar-refractivity contribution is 0.199. The predicted molar refractivity (Wildman–Crippen MR) is 81.6 cm³/mol. The summed E-state index contributed by atoms with van der Waals surface area (Å²) in [5, 5.41) is 0. The van der Waals surface area contributed by atoms with Gasteiger partial charge in [0.1, 0.15) is 12.1 Å². The van der Waals surface area contributed by atoms with Crippen molar-refractivity contribution in [1.29, 1.82) is 0 Å². The Morgan fingerprint density at radius 2 is 2.29 bits per heavy atom. The SMILES string of the molecule is Cl.N[C@@H]1CCCN(Cc2coc(-c3cccc(F)c3)n2)C1. The molecule has 1 aromatic carbocycles. The van der Waals surface area contributed by atoms with Gasteiger partial charge >= 0.3 is 0 Å². The zero-order chi connectivity index (χ0) is 13.9. The number of nitrogens with two attached hydrogens (primary N) is 1. The molecule has 1 fully saturated rings. The van der Waals surface area contributed by atoms with E-state index in [-0.39, 0.29) is 24.3 Å². The van der Waals surface area contributed by atoms with Crippen molar-refractivity contribution in [3.63, 3.8) is 0 Å². The number of hydrogen-bond acceptors (Lipinski definition) is 4. The van der Waals surface area contributed by atoms with Crippen LogP contribution in [0.25, 0.3) is 11.5 Å². The fourth-order valence-corrected chi connectivity index (χ4v) is 2.60. The normalized spacial score (nSPS) is 19.2. The molecule has 6 heteroatoms. The van der Waals surface area contributed by atoms with Gasteiger partial charge in [-0.15, -0.1) is 12.4 Å². The van der Waals surface area contributed by atoms with Gasteiger partial charge in [0.05, 0.1) is 5.69 Å². The predicted octanol–water partition coefficient (Wildman–Crippen LogP) is 2.83. The number of halogens is 2. The van der Waals surface area contributed by atoms with Gasteiger partial charge in [-0.05, 0) is 37.6 Å². The van der Waals surface area contributed by atoms with E-state index in [4.69, 9.17) is 10.2 Å². The quantitative estimate of drug-likeness (QED) is 0.947. The molecule has 1 aliphatic rings. The standard InChI is InChI=1S/C15H18FN3O.ClH/c16-12-4-1-3-11(7-12)15-18-14(10-20-15)9-19-6-2-5-13(17)8-19;/h1,3-4,7,10,13H,2,5-6,8-9,17H2;1H/t13-;/m1./s1. The van der Waals surface area contributed by atoms with Crippen molar-refractivity contribution in [2.24, 2.45) is 5.73 Å². The van der Waals surface area contributed by atoms with E-state index < -0.39 is 0 Å². The molecule has 21 heavy (non-hydrogen) atoms. The third kappa shape index (κ3) is 4.03. The molecule has 3 rings (SSSR count). The molecule has 2 N–H and O–H groups in total. The molecule has 0 bridgehead atoms. The van der Waals surface area contributed by atoms with Crippen molar-refractivity contribution >= 4 is 12.4 Å². The van der Waals surface area contributed by atoms with Crippen LogP contribution in [0, 0.1) is 5.82 Å². The average molecular weight is 312 g/mol. The molecule has 1 atom stereocenters. The highest BCUT2D eigenvalue weighted by molar-refractivity contribution is 5.85. The molecule has 1 saturated heterocycles. The van der Waals surface area contributed by atoms with E-state index in [1.165, 1.54) is 12.1 Å². The summed E-state index contributed by atoms with van der Waals surface area (Å²) in [5.74, 6) is 0.171. The van der Waals surface area contributed by atoms with Crippen molar-refractivity contribution in [2.75, 3.05) is 13.1 Å². The first kappa shape index (κ1) is 15.9. The van der Waals surface area contributed by atoms with Crippen LogP contribution in [-0.4, -0.2) is 29.0 Å². The van der Waals surface area contributed by atoms with Gasteiger partial charge in [0, 0.05) is 24.7 Å². The first-order valence-electron chi connectivity index (χ1n) is 6.89. The van der Waals surface area contributed by atoms with Crippen LogP contribution in [0.5, 0.6) is 0 Å². The average Bonchev–Trinajstić information content (AvgIpc) is 2.87. The maximum absolute atomic E-state index is 13.2. The zero-order valence-electron chi connectivity index (χ0n) is 11.7. The molecule has 2 heterocycles. The first-order chi connectivity index (χ1) is 9.70. The monoisotopic (exact) mass is 311 g/mol. The Morgan fingerprint density at radius 3 is 3.05 bits per heavy atom. The van der Waals surface area contributed by atoms with E-state index in [1.807, 2.05) is 0 Å². The van der Waals surface area contributed by atoms with Gasteiger partial charge in [0.15, 0.2) is 0 Å². The Balaban J connectivity index is 0.00000161. The second-order valence-corrected chi connectivity index (χ2v) is 5.29. The van der Waals surface area contributed by atoms with Gasteiger partial charge in [0.2, 0.25) is 5.89 Å². The lowest BCUT2D eigenvalue weighted by atomic mass is 10.1. The van der Waals surface area contributed by atoms with Gasteiger partial charge < -0.3 is 10.2 Å². The number of oxazole rings is 1. The summed E-state index contributed by atoms with van der Waals surface area (Å²) in [6.07, 6.45) is 3.85. The van der Waals surface area contributed by atoms with Crippen molar-refractivity contribution in [3.8, 4) is 11.5 Å². The number of benzene rings is 1. The molecule has 0 spiro atoms. The minimum atomic E-state index is -0.288. The van der Waals surface area contributed by atoms with Crippen LogP contribution >= 0.6 is 12.4 Å². The minimum absolute atomic E-state index is 0. The van der Waals surface area contributed by atoms with Crippen LogP contribution in [0.2, 0.25) is 0 Å². The Kier molecular flexibility index (Phi) is 5.33. The number of aromatic nitrogens is 1. The van der Waals surface area contributed by atoms with Crippen molar-refractivity contribution < 1.29 is 8.81 Å². The molecule has 4 nitrogen and oxygen atoms in total. The smallest absolute Gasteiger partial charge is 0.226 e. The van der Waals surface area contributed by atoms with Crippen molar-refractivity contribution in [2.45, 2.75) is 25.4 Å². The summed E-state index contributed by atoms with van der Waals surface area (Å²) >= 11 is 0. The maximum atomic E-state index is 13.2. The molecule has 0 saturated carbocycles. The number of likely N-dealkylation sites (tertiary alicyclic amines) is 1. The number of hydrogen-bond donors (Lipinski definition) is 1. The molecule has 1 aliphatic heterocycles. The fourth-order valence-electron chi connectivity index (χ4n) is 2.60. The number of rotatable bonds is 3. The number of piperidine rings is 1. The summed E-state index contributed by atoms with van der Waals surface area (Å²) < 4.78 is 18.6. The van der Waals surface area contributed by atoms with E-state index in [2.05, 4.69) is 9.88 Å². The maximum Gasteiger partial charge on any atom is 0.226 e. The van der Waals surface area contributed by atoms with Crippen LogP contribution in [0.15, 0.2) is 34.9 Å². The van der Waals surface area contributed by atoms with Crippen LogP contribution < -0.4 is 5.73 Å². The number of nitrogens with zero attached hydrogens (tertiary/aromatic N) is 2. The molecular weight excluding hydrogens is 293 g/mol. The summed E-state index contributed by atoms with van der Waals surface area (Å²) in [4.78, 5) is 6.70.